The van der Waals surface area contributed by atoms with Crippen molar-refractivity contribution in [3.05, 3.63) is 35.4 Å². The number of ether oxygens (including phenoxy) is 1. The fourth-order valence-corrected chi connectivity index (χ4v) is 2.13. The predicted molar refractivity (Wildman–Crippen MR) is 78.7 cm³/mol. The van der Waals surface area contributed by atoms with E-state index in [0.29, 0.717) is 12.2 Å². The summed E-state index contributed by atoms with van der Waals surface area (Å²) in [5.41, 5.74) is 1.73. The molecule has 19 heavy (non-hydrogen) atoms. The second-order valence-corrected chi connectivity index (χ2v) is 5.49. The SMILES string of the molecule is CCOC(=O)c1cccc(CCCCC(Br)C=O)c1. The maximum atomic E-state index is 11.6. The summed E-state index contributed by atoms with van der Waals surface area (Å²) in [5, 5.41) is 0. The van der Waals surface area contributed by atoms with Crippen LogP contribution >= 0.6 is 15.9 Å². The highest BCUT2D eigenvalue weighted by Crippen LogP contribution is 2.13. The van der Waals surface area contributed by atoms with Gasteiger partial charge in [-0.05, 0) is 43.9 Å². The first-order chi connectivity index (χ1) is 9.17. The first kappa shape index (κ1) is 15.9. The maximum absolute atomic E-state index is 11.6. The molecule has 0 aliphatic carbocycles. The maximum Gasteiger partial charge on any atom is 0.338 e. The third-order valence-corrected chi connectivity index (χ3v) is 3.45. The van der Waals surface area contributed by atoms with Crippen molar-refractivity contribution in [1.82, 2.24) is 0 Å². The molecule has 0 fully saturated rings. The van der Waals surface area contributed by atoms with Crippen LogP contribution in [0.4, 0.5) is 0 Å². The average Bonchev–Trinajstić information content (AvgIpc) is 2.44. The Morgan fingerprint density at radius 1 is 1.42 bits per heavy atom. The van der Waals surface area contributed by atoms with Gasteiger partial charge in [0.05, 0.1) is 17.0 Å². The topological polar surface area (TPSA) is 43.4 Å². The van der Waals surface area contributed by atoms with Crippen molar-refractivity contribution >= 4 is 28.2 Å². The molecule has 0 amide bonds. The van der Waals surface area contributed by atoms with Gasteiger partial charge >= 0.3 is 5.97 Å². The van der Waals surface area contributed by atoms with E-state index in [-0.39, 0.29) is 10.8 Å². The van der Waals surface area contributed by atoms with E-state index < -0.39 is 0 Å². The van der Waals surface area contributed by atoms with Crippen molar-refractivity contribution in [3.63, 3.8) is 0 Å². The van der Waals surface area contributed by atoms with Crippen LogP contribution in [0.5, 0.6) is 0 Å². The summed E-state index contributed by atoms with van der Waals surface area (Å²) in [5.74, 6) is -0.272. The molecule has 0 bridgehead atoms. The van der Waals surface area contributed by atoms with E-state index in [0.717, 1.165) is 37.5 Å². The second kappa shape index (κ2) is 8.86. The molecule has 0 saturated carbocycles. The van der Waals surface area contributed by atoms with Gasteiger partial charge in [0.25, 0.3) is 0 Å². The Kier molecular flexibility index (Phi) is 7.41. The Balaban J connectivity index is 2.44. The van der Waals surface area contributed by atoms with Crippen molar-refractivity contribution < 1.29 is 14.3 Å². The molecule has 0 N–H and O–H groups in total. The lowest BCUT2D eigenvalue weighted by molar-refractivity contribution is -0.107. The molecule has 1 aromatic rings. The number of hydrogen-bond donors (Lipinski definition) is 0. The summed E-state index contributed by atoms with van der Waals surface area (Å²) < 4.78 is 4.97. The van der Waals surface area contributed by atoms with E-state index in [2.05, 4.69) is 15.9 Å². The normalized spacial score (nSPS) is 11.9. The molecular formula is C15H19BrO3. The Hall–Kier alpha value is -1.16. The van der Waals surface area contributed by atoms with Crippen LogP contribution in [-0.4, -0.2) is 23.7 Å². The minimum atomic E-state index is -0.272. The lowest BCUT2D eigenvalue weighted by atomic mass is 10.0. The van der Waals surface area contributed by atoms with Crippen LogP contribution in [0.1, 0.15) is 42.1 Å². The van der Waals surface area contributed by atoms with Crippen molar-refractivity contribution in [2.45, 2.75) is 37.4 Å². The number of esters is 1. The summed E-state index contributed by atoms with van der Waals surface area (Å²) in [6.07, 6.45) is 4.66. The summed E-state index contributed by atoms with van der Waals surface area (Å²) in [6, 6.07) is 7.53. The number of rotatable bonds is 8. The molecule has 0 radical (unpaired) electrons. The molecule has 104 valence electrons. The monoisotopic (exact) mass is 326 g/mol. The molecular weight excluding hydrogens is 308 g/mol. The molecule has 1 aromatic carbocycles. The molecule has 0 saturated heterocycles. The summed E-state index contributed by atoms with van der Waals surface area (Å²) in [7, 11) is 0. The minimum absolute atomic E-state index is 0.0432. The zero-order chi connectivity index (χ0) is 14.1. The highest BCUT2D eigenvalue weighted by atomic mass is 79.9. The molecule has 0 aromatic heterocycles. The van der Waals surface area contributed by atoms with Crippen LogP contribution in [0.2, 0.25) is 0 Å². The number of benzene rings is 1. The largest absolute Gasteiger partial charge is 0.462 e. The molecule has 0 spiro atoms. The molecule has 0 aliphatic rings. The predicted octanol–water partition coefficient (Wildman–Crippen LogP) is 3.54. The molecule has 0 aliphatic heterocycles. The van der Waals surface area contributed by atoms with Gasteiger partial charge in [0.2, 0.25) is 0 Å². The molecule has 3 nitrogen and oxygen atoms in total. The second-order valence-electron chi connectivity index (χ2n) is 4.32. The van der Waals surface area contributed by atoms with Crippen LogP contribution in [0.25, 0.3) is 0 Å². The number of carbonyl (C=O) groups excluding carboxylic acids is 2. The molecule has 1 unspecified atom stereocenters. The van der Waals surface area contributed by atoms with Gasteiger partial charge in [0.15, 0.2) is 0 Å². The van der Waals surface area contributed by atoms with Gasteiger partial charge in [-0.3, -0.25) is 0 Å². The third-order valence-electron chi connectivity index (χ3n) is 2.78. The van der Waals surface area contributed by atoms with E-state index >= 15 is 0 Å². The number of hydrogen-bond acceptors (Lipinski definition) is 3. The highest BCUT2D eigenvalue weighted by Gasteiger charge is 2.07. The average molecular weight is 327 g/mol. The summed E-state index contributed by atoms with van der Waals surface area (Å²) in [6.45, 7) is 2.19. The van der Waals surface area contributed by atoms with Crippen LogP contribution in [0.15, 0.2) is 24.3 Å². The van der Waals surface area contributed by atoms with Gasteiger partial charge in [-0.2, -0.15) is 0 Å². The number of alkyl halides is 1. The van der Waals surface area contributed by atoms with Crippen molar-refractivity contribution in [2.24, 2.45) is 0 Å². The molecule has 1 rings (SSSR count). The Morgan fingerprint density at radius 3 is 2.89 bits per heavy atom. The highest BCUT2D eigenvalue weighted by molar-refractivity contribution is 9.09. The fraction of sp³-hybridized carbons (Fsp3) is 0.467. The van der Waals surface area contributed by atoms with Gasteiger partial charge < -0.3 is 9.53 Å². The van der Waals surface area contributed by atoms with Crippen LogP contribution in [-0.2, 0) is 16.0 Å². The third kappa shape index (κ3) is 6.01. The first-order valence-corrected chi connectivity index (χ1v) is 7.44. The zero-order valence-electron chi connectivity index (χ0n) is 11.1. The molecule has 4 heteroatoms. The standard InChI is InChI=1S/C15H19BrO3/c1-2-19-15(18)13-8-5-7-12(10-13)6-3-4-9-14(16)11-17/h5,7-8,10-11,14H,2-4,6,9H2,1H3. The molecule has 0 heterocycles. The van der Waals surface area contributed by atoms with Gasteiger partial charge in [-0.1, -0.05) is 34.5 Å². The van der Waals surface area contributed by atoms with Gasteiger partial charge in [-0.15, -0.1) is 0 Å². The lowest BCUT2D eigenvalue weighted by Crippen LogP contribution is -2.05. The fourth-order valence-electron chi connectivity index (χ4n) is 1.80. The number of aldehydes is 1. The smallest absolute Gasteiger partial charge is 0.338 e. The van der Waals surface area contributed by atoms with Gasteiger partial charge in [0.1, 0.15) is 6.29 Å². The summed E-state index contributed by atoms with van der Waals surface area (Å²) >= 11 is 3.28. The van der Waals surface area contributed by atoms with Gasteiger partial charge in [-0.25, -0.2) is 4.79 Å². The Labute approximate surface area is 122 Å². The summed E-state index contributed by atoms with van der Waals surface area (Å²) in [4.78, 5) is 22.0. The number of unbranched alkanes of at least 4 members (excludes halogenated alkanes) is 1. The quantitative estimate of drug-likeness (QED) is 0.317. The van der Waals surface area contributed by atoms with Crippen molar-refractivity contribution in [2.75, 3.05) is 6.61 Å². The minimum Gasteiger partial charge on any atom is -0.462 e. The van der Waals surface area contributed by atoms with E-state index in [1.807, 2.05) is 18.2 Å². The van der Waals surface area contributed by atoms with Crippen molar-refractivity contribution in [3.8, 4) is 0 Å². The molecule has 1 atom stereocenters. The van der Waals surface area contributed by atoms with Crippen molar-refractivity contribution in [1.29, 1.82) is 0 Å². The lowest BCUT2D eigenvalue weighted by Gasteiger charge is -2.06. The number of aryl methyl sites for hydroxylation is 1. The van der Waals surface area contributed by atoms with Crippen LogP contribution in [0.3, 0.4) is 0 Å². The Morgan fingerprint density at radius 2 is 2.21 bits per heavy atom. The van der Waals surface area contributed by atoms with E-state index in [1.165, 1.54) is 0 Å². The number of halogens is 1. The van der Waals surface area contributed by atoms with Crippen LogP contribution < -0.4 is 0 Å². The van der Waals surface area contributed by atoms with E-state index in [1.54, 1.807) is 13.0 Å². The first-order valence-electron chi connectivity index (χ1n) is 6.52. The number of carbonyl (C=O) groups is 2. The Bertz CT molecular complexity index is 418. The van der Waals surface area contributed by atoms with Crippen LogP contribution in [0, 0.1) is 0 Å². The van der Waals surface area contributed by atoms with E-state index in [9.17, 15) is 9.59 Å². The van der Waals surface area contributed by atoms with E-state index in [4.69, 9.17) is 4.74 Å². The zero-order valence-corrected chi connectivity index (χ0v) is 12.7. The van der Waals surface area contributed by atoms with Gasteiger partial charge in [0, 0.05) is 0 Å².